The fourth-order valence-corrected chi connectivity index (χ4v) is 4.04. The Balaban J connectivity index is 1.32. The zero-order valence-corrected chi connectivity index (χ0v) is 19.4. The van der Waals surface area contributed by atoms with E-state index in [9.17, 15) is 4.79 Å². The quantitative estimate of drug-likeness (QED) is 0.259. The van der Waals surface area contributed by atoms with Crippen LogP contribution in [0.5, 0.6) is 0 Å². The summed E-state index contributed by atoms with van der Waals surface area (Å²) in [6.07, 6.45) is 4.66. The summed E-state index contributed by atoms with van der Waals surface area (Å²) in [5, 5.41) is 3.92. The monoisotopic (exact) mass is 489 g/mol. The molecule has 0 saturated heterocycles. The summed E-state index contributed by atoms with van der Waals surface area (Å²) in [5.41, 5.74) is 4.14. The molecule has 2 aromatic carbocycles. The Labute approximate surface area is 204 Å². The minimum atomic E-state index is -0.303. The summed E-state index contributed by atoms with van der Waals surface area (Å²) in [7, 11) is 0. The number of fused-ring (bicyclic) bond motifs is 1. The summed E-state index contributed by atoms with van der Waals surface area (Å²) in [6, 6.07) is 17.9. The van der Waals surface area contributed by atoms with Crippen LogP contribution >= 0.6 is 23.2 Å². The number of benzene rings is 2. The van der Waals surface area contributed by atoms with Gasteiger partial charge in [0.2, 0.25) is 11.8 Å². The highest BCUT2D eigenvalue weighted by Crippen LogP contribution is 2.31. The zero-order valence-electron chi connectivity index (χ0n) is 17.9. The summed E-state index contributed by atoms with van der Waals surface area (Å²) >= 11 is 12.1. The van der Waals surface area contributed by atoms with Gasteiger partial charge in [0.05, 0.1) is 0 Å². The molecule has 34 heavy (non-hydrogen) atoms. The first-order chi connectivity index (χ1) is 16.5. The lowest BCUT2D eigenvalue weighted by Gasteiger charge is -2.09. The number of carbonyl (C=O) groups is 1. The summed E-state index contributed by atoms with van der Waals surface area (Å²) in [5.74, 6) is 1.26. The molecule has 1 N–H and O–H groups in total. The molecule has 6 nitrogen and oxygen atoms in total. The molecule has 0 atom stereocenters. The maximum absolute atomic E-state index is 12.6. The van der Waals surface area contributed by atoms with Gasteiger partial charge in [-0.05, 0) is 73.2 Å². The lowest BCUT2D eigenvalue weighted by atomic mass is 10.1. The van der Waals surface area contributed by atoms with E-state index in [0.29, 0.717) is 44.4 Å². The maximum atomic E-state index is 12.6. The molecule has 0 aliphatic heterocycles. The van der Waals surface area contributed by atoms with E-state index < -0.39 is 0 Å². The minimum absolute atomic E-state index is 0.303. The van der Waals surface area contributed by atoms with Crippen LogP contribution in [0.3, 0.4) is 0 Å². The van der Waals surface area contributed by atoms with E-state index in [1.54, 1.807) is 48.7 Å². The van der Waals surface area contributed by atoms with Crippen molar-refractivity contribution in [3.63, 3.8) is 0 Å². The van der Waals surface area contributed by atoms with Crippen molar-refractivity contribution in [2.45, 2.75) is 6.92 Å². The van der Waals surface area contributed by atoms with Gasteiger partial charge in [-0.2, -0.15) is 4.98 Å². The van der Waals surface area contributed by atoms with Crippen LogP contribution in [0.15, 0.2) is 81.8 Å². The molecule has 0 fully saturated rings. The van der Waals surface area contributed by atoms with E-state index in [2.05, 4.69) is 15.3 Å². The fraction of sp³-hybridized carbons (Fsp3) is 0.0385. The largest absolute Gasteiger partial charge is 0.457 e. The highest BCUT2D eigenvalue weighted by atomic mass is 35.5. The smallest absolute Gasteiger partial charge is 0.248 e. The standard InChI is InChI=1S/C26H17Cl2N3O3/c1-15-20(26-31-25-23(34-26)6-3-11-29-25)4-2-5-21(15)30-24(32)10-8-19-7-9-22(33-19)16-12-17(27)14-18(28)13-16/h2-14H,1H3,(H,30,32)/b10-8+. The van der Waals surface area contributed by atoms with Crippen molar-refractivity contribution in [1.82, 2.24) is 9.97 Å². The van der Waals surface area contributed by atoms with Crippen molar-refractivity contribution in [3.8, 4) is 22.8 Å². The van der Waals surface area contributed by atoms with E-state index in [1.807, 2.05) is 31.2 Å². The van der Waals surface area contributed by atoms with E-state index in [0.717, 1.165) is 16.7 Å². The third-order valence-electron chi connectivity index (χ3n) is 5.16. The van der Waals surface area contributed by atoms with Crippen molar-refractivity contribution in [2.75, 3.05) is 5.32 Å². The van der Waals surface area contributed by atoms with Gasteiger partial charge in [0.1, 0.15) is 11.5 Å². The molecule has 0 aliphatic rings. The van der Waals surface area contributed by atoms with Crippen molar-refractivity contribution in [3.05, 3.63) is 94.3 Å². The summed E-state index contributed by atoms with van der Waals surface area (Å²) in [4.78, 5) is 21.2. The van der Waals surface area contributed by atoms with Gasteiger partial charge in [0.25, 0.3) is 0 Å². The van der Waals surface area contributed by atoms with E-state index in [-0.39, 0.29) is 5.91 Å². The minimum Gasteiger partial charge on any atom is -0.457 e. The first-order valence-electron chi connectivity index (χ1n) is 10.3. The number of anilines is 1. The van der Waals surface area contributed by atoms with Gasteiger partial charge in [0, 0.05) is 39.1 Å². The van der Waals surface area contributed by atoms with Crippen LogP contribution < -0.4 is 5.32 Å². The molecule has 5 aromatic rings. The van der Waals surface area contributed by atoms with Gasteiger partial charge in [-0.25, -0.2) is 4.98 Å². The molecule has 0 aliphatic carbocycles. The first kappa shape index (κ1) is 21.9. The van der Waals surface area contributed by atoms with E-state index in [4.69, 9.17) is 32.0 Å². The molecule has 0 radical (unpaired) electrons. The predicted molar refractivity (Wildman–Crippen MR) is 134 cm³/mol. The van der Waals surface area contributed by atoms with E-state index in [1.165, 1.54) is 6.08 Å². The first-order valence-corrected chi connectivity index (χ1v) is 11.1. The van der Waals surface area contributed by atoms with E-state index >= 15 is 0 Å². The van der Waals surface area contributed by atoms with Crippen LogP contribution in [0.4, 0.5) is 5.69 Å². The summed E-state index contributed by atoms with van der Waals surface area (Å²) in [6.45, 7) is 1.89. The Bertz CT molecular complexity index is 1500. The van der Waals surface area contributed by atoms with Crippen LogP contribution in [0, 0.1) is 6.92 Å². The number of nitrogens with zero attached hydrogens (tertiary/aromatic N) is 2. The number of hydrogen-bond acceptors (Lipinski definition) is 5. The summed E-state index contributed by atoms with van der Waals surface area (Å²) < 4.78 is 11.6. The molecule has 0 bridgehead atoms. The average Bonchev–Trinajstić information content (AvgIpc) is 3.45. The van der Waals surface area contributed by atoms with Crippen LogP contribution in [0.25, 0.3) is 40.1 Å². The molecule has 3 aromatic heterocycles. The number of nitrogens with one attached hydrogen (secondary N) is 1. The zero-order chi connectivity index (χ0) is 23.7. The van der Waals surface area contributed by atoms with Gasteiger partial charge in [-0.1, -0.05) is 29.3 Å². The molecule has 168 valence electrons. The van der Waals surface area contributed by atoms with Gasteiger partial charge in [0.15, 0.2) is 11.2 Å². The molecule has 5 rings (SSSR count). The topological polar surface area (TPSA) is 81.2 Å². The number of halogens is 2. The number of pyridine rings is 1. The number of hydrogen-bond donors (Lipinski definition) is 1. The predicted octanol–water partition coefficient (Wildman–Crippen LogP) is 7.42. The Morgan fingerprint density at radius 1 is 1.00 bits per heavy atom. The van der Waals surface area contributed by atoms with Gasteiger partial charge in [-0.15, -0.1) is 0 Å². The number of rotatable bonds is 5. The molecule has 1 amide bonds. The van der Waals surface area contributed by atoms with Gasteiger partial charge >= 0.3 is 0 Å². The molecular weight excluding hydrogens is 473 g/mol. The van der Waals surface area contributed by atoms with Crippen LogP contribution in [0.2, 0.25) is 10.0 Å². The Morgan fingerprint density at radius 2 is 1.82 bits per heavy atom. The van der Waals surface area contributed by atoms with Crippen LogP contribution in [-0.4, -0.2) is 15.9 Å². The van der Waals surface area contributed by atoms with Crippen LogP contribution in [-0.2, 0) is 4.79 Å². The second kappa shape index (κ2) is 9.17. The second-order valence-electron chi connectivity index (χ2n) is 7.51. The van der Waals surface area contributed by atoms with Crippen LogP contribution in [0.1, 0.15) is 11.3 Å². The number of aromatic nitrogens is 2. The van der Waals surface area contributed by atoms with Gasteiger partial charge < -0.3 is 14.2 Å². The molecular formula is C26H17Cl2N3O3. The Morgan fingerprint density at radius 3 is 2.62 bits per heavy atom. The third kappa shape index (κ3) is 4.59. The van der Waals surface area contributed by atoms with Crippen molar-refractivity contribution < 1.29 is 13.6 Å². The average molecular weight is 490 g/mol. The van der Waals surface area contributed by atoms with Crippen molar-refractivity contribution in [1.29, 1.82) is 0 Å². The normalized spacial score (nSPS) is 11.4. The third-order valence-corrected chi connectivity index (χ3v) is 5.60. The molecule has 3 heterocycles. The SMILES string of the molecule is Cc1c(NC(=O)/C=C/c2ccc(-c3cc(Cl)cc(Cl)c3)o2)cccc1-c1nc2ncccc2o1. The fourth-order valence-electron chi connectivity index (χ4n) is 3.51. The Kier molecular flexibility index (Phi) is 5.92. The second-order valence-corrected chi connectivity index (χ2v) is 8.38. The molecule has 0 saturated carbocycles. The lowest BCUT2D eigenvalue weighted by molar-refractivity contribution is -0.111. The molecule has 0 spiro atoms. The number of furan rings is 1. The van der Waals surface area contributed by atoms with Crippen molar-refractivity contribution >= 4 is 52.1 Å². The number of carbonyl (C=O) groups excluding carboxylic acids is 1. The molecule has 8 heteroatoms. The Hall–Kier alpha value is -3.87. The lowest BCUT2D eigenvalue weighted by Crippen LogP contribution is -2.09. The highest BCUT2D eigenvalue weighted by molar-refractivity contribution is 6.35. The number of amides is 1. The number of oxazole rings is 1. The van der Waals surface area contributed by atoms with Crippen molar-refractivity contribution in [2.24, 2.45) is 0 Å². The van der Waals surface area contributed by atoms with Gasteiger partial charge in [-0.3, -0.25) is 4.79 Å². The maximum Gasteiger partial charge on any atom is 0.248 e. The molecule has 0 unspecified atom stereocenters. The highest BCUT2D eigenvalue weighted by Gasteiger charge is 2.14.